The minimum Gasteiger partial charge on any atom is -0.337 e. The van der Waals surface area contributed by atoms with Crippen LogP contribution < -0.4 is 5.32 Å². The molecule has 1 saturated heterocycles. The van der Waals surface area contributed by atoms with Crippen molar-refractivity contribution in [2.45, 2.75) is 12.6 Å². The Kier molecular flexibility index (Phi) is 5.97. The van der Waals surface area contributed by atoms with Crippen molar-refractivity contribution >= 4 is 28.3 Å². The summed E-state index contributed by atoms with van der Waals surface area (Å²) in [6, 6.07) is 5.27. The van der Waals surface area contributed by atoms with Crippen molar-refractivity contribution in [3.63, 3.8) is 0 Å². The molecule has 1 unspecified atom stereocenters. The summed E-state index contributed by atoms with van der Waals surface area (Å²) < 4.78 is 16.9. The molecule has 120 valence electrons. The molecule has 22 heavy (non-hydrogen) atoms. The van der Waals surface area contributed by atoms with Gasteiger partial charge in [-0.25, -0.2) is 9.37 Å². The highest BCUT2D eigenvalue weighted by molar-refractivity contribution is 9.10. The van der Waals surface area contributed by atoms with E-state index in [0.29, 0.717) is 12.1 Å². The van der Waals surface area contributed by atoms with Crippen LogP contribution in [0.5, 0.6) is 0 Å². The Hall–Kier alpha value is -0.950. The number of piperazine rings is 1. The molecule has 1 aromatic carbocycles. The van der Waals surface area contributed by atoms with Crippen molar-refractivity contribution < 1.29 is 4.39 Å². The number of nitrogens with zero attached hydrogens (tertiary/aromatic N) is 3. The number of hydrogen-bond donors (Lipinski definition) is 1. The highest BCUT2D eigenvalue weighted by Gasteiger charge is 2.27. The quantitative estimate of drug-likeness (QED) is 0.876. The van der Waals surface area contributed by atoms with Gasteiger partial charge in [0.25, 0.3) is 0 Å². The number of benzene rings is 1. The lowest BCUT2D eigenvalue weighted by Gasteiger charge is -2.36. The SMILES string of the molecule is Cl.Cn1ccnc1C1CNCCN1Cc1c(F)cccc1Br. The van der Waals surface area contributed by atoms with Gasteiger partial charge in [0.2, 0.25) is 0 Å². The summed E-state index contributed by atoms with van der Waals surface area (Å²) in [5.41, 5.74) is 0.707. The molecular formula is C15H19BrClFN4. The first-order chi connectivity index (χ1) is 10.2. The third kappa shape index (κ3) is 3.51. The van der Waals surface area contributed by atoms with E-state index in [1.165, 1.54) is 6.07 Å². The van der Waals surface area contributed by atoms with Gasteiger partial charge in [0, 0.05) is 55.7 Å². The van der Waals surface area contributed by atoms with Crippen molar-refractivity contribution in [2.75, 3.05) is 19.6 Å². The molecule has 1 aromatic heterocycles. The standard InChI is InChI=1S/C15H18BrFN4.ClH/c1-20-7-6-19-15(20)14-9-18-5-8-21(14)10-11-12(16)3-2-4-13(11)17;/h2-4,6-7,14,18H,5,8-10H2,1H3;1H. The largest absolute Gasteiger partial charge is 0.337 e. The lowest BCUT2D eigenvalue weighted by molar-refractivity contribution is 0.143. The molecule has 0 amide bonds. The van der Waals surface area contributed by atoms with E-state index in [0.717, 1.165) is 29.9 Å². The zero-order valence-corrected chi connectivity index (χ0v) is 14.7. The molecule has 2 aromatic rings. The molecule has 7 heteroatoms. The molecule has 4 nitrogen and oxygen atoms in total. The number of hydrogen-bond acceptors (Lipinski definition) is 3. The van der Waals surface area contributed by atoms with E-state index in [2.05, 4.69) is 31.1 Å². The molecule has 0 aliphatic carbocycles. The monoisotopic (exact) mass is 388 g/mol. The third-order valence-electron chi connectivity index (χ3n) is 3.93. The number of aryl methyl sites for hydroxylation is 1. The van der Waals surface area contributed by atoms with Crippen molar-refractivity contribution in [3.05, 3.63) is 52.3 Å². The summed E-state index contributed by atoms with van der Waals surface area (Å²) in [4.78, 5) is 6.73. The fraction of sp³-hybridized carbons (Fsp3) is 0.400. The summed E-state index contributed by atoms with van der Waals surface area (Å²) in [6.07, 6.45) is 3.75. The van der Waals surface area contributed by atoms with Gasteiger partial charge in [0.1, 0.15) is 11.6 Å². The number of imidazole rings is 1. The van der Waals surface area contributed by atoms with E-state index in [1.807, 2.05) is 23.9 Å². The van der Waals surface area contributed by atoms with Gasteiger partial charge < -0.3 is 9.88 Å². The first-order valence-corrected chi connectivity index (χ1v) is 7.81. The van der Waals surface area contributed by atoms with Crippen LogP contribution in [0.3, 0.4) is 0 Å². The molecular weight excluding hydrogens is 371 g/mol. The zero-order chi connectivity index (χ0) is 14.8. The van der Waals surface area contributed by atoms with Crippen LogP contribution in [0.1, 0.15) is 17.4 Å². The minimum absolute atomic E-state index is 0. The molecule has 1 atom stereocenters. The Labute approximate surface area is 144 Å². The van der Waals surface area contributed by atoms with Gasteiger partial charge in [-0.05, 0) is 12.1 Å². The summed E-state index contributed by atoms with van der Waals surface area (Å²) >= 11 is 3.45. The minimum atomic E-state index is -0.165. The van der Waals surface area contributed by atoms with Gasteiger partial charge in [-0.1, -0.05) is 22.0 Å². The van der Waals surface area contributed by atoms with Crippen molar-refractivity contribution in [3.8, 4) is 0 Å². The van der Waals surface area contributed by atoms with E-state index in [1.54, 1.807) is 12.3 Å². The molecule has 2 heterocycles. The van der Waals surface area contributed by atoms with Gasteiger partial charge in [-0.2, -0.15) is 0 Å². The average Bonchev–Trinajstić information content (AvgIpc) is 2.90. The molecule has 3 rings (SSSR count). The first kappa shape index (κ1) is 17.4. The predicted octanol–water partition coefficient (Wildman–Crippen LogP) is 2.89. The van der Waals surface area contributed by atoms with Gasteiger partial charge in [0.15, 0.2) is 0 Å². The maximum Gasteiger partial charge on any atom is 0.128 e. The topological polar surface area (TPSA) is 33.1 Å². The Morgan fingerprint density at radius 1 is 1.45 bits per heavy atom. The Morgan fingerprint density at radius 3 is 2.95 bits per heavy atom. The van der Waals surface area contributed by atoms with Crippen molar-refractivity contribution in [2.24, 2.45) is 7.05 Å². The summed E-state index contributed by atoms with van der Waals surface area (Å²) in [7, 11) is 1.99. The normalized spacial score (nSPS) is 19.0. The molecule has 0 radical (unpaired) electrons. The third-order valence-corrected chi connectivity index (χ3v) is 4.68. The second-order valence-electron chi connectivity index (χ2n) is 5.29. The Balaban J connectivity index is 0.00000176. The molecule has 1 N–H and O–H groups in total. The van der Waals surface area contributed by atoms with Crippen LogP contribution in [0.25, 0.3) is 0 Å². The molecule has 1 aliphatic rings. The number of aromatic nitrogens is 2. The van der Waals surface area contributed by atoms with Gasteiger partial charge in [-0.15, -0.1) is 12.4 Å². The smallest absolute Gasteiger partial charge is 0.128 e. The van der Waals surface area contributed by atoms with Crippen molar-refractivity contribution in [1.82, 2.24) is 19.8 Å². The fourth-order valence-electron chi connectivity index (χ4n) is 2.77. The summed E-state index contributed by atoms with van der Waals surface area (Å²) in [5.74, 6) is 0.844. The fourth-order valence-corrected chi connectivity index (χ4v) is 3.24. The summed E-state index contributed by atoms with van der Waals surface area (Å²) in [5, 5.41) is 3.39. The molecule has 0 bridgehead atoms. The van der Waals surface area contributed by atoms with E-state index >= 15 is 0 Å². The van der Waals surface area contributed by atoms with Crippen LogP contribution in [0, 0.1) is 5.82 Å². The van der Waals surface area contributed by atoms with E-state index < -0.39 is 0 Å². The number of rotatable bonds is 3. The van der Waals surface area contributed by atoms with Crippen LogP contribution >= 0.6 is 28.3 Å². The number of halogens is 3. The highest BCUT2D eigenvalue weighted by atomic mass is 79.9. The molecule has 0 spiro atoms. The summed E-state index contributed by atoms with van der Waals surface area (Å²) in [6.45, 7) is 3.19. The zero-order valence-electron chi connectivity index (χ0n) is 12.3. The maximum absolute atomic E-state index is 14.1. The van der Waals surface area contributed by atoms with Crippen LogP contribution in [-0.4, -0.2) is 34.1 Å². The average molecular weight is 390 g/mol. The van der Waals surface area contributed by atoms with Crippen LogP contribution in [0.4, 0.5) is 4.39 Å². The van der Waals surface area contributed by atoms with E-state index in [-0.39, 0.29) is 24.3 Å². The van der Waals surface area contributed by atoms with Crippen LogP contribution in [0.2, 0.25) is 0 Å². The van der Waals surface area contributed by atoms with Gasteiger partial charge >= 0.3 is 0 Å². The molecule has 0 saturated carbocycles. The lowest BCUT2D eigenvalue weighted by Crippen LogP contribution is -2.46. The Bertz CT molecular complexity index is 614. The van der Waals surface area contributed by atoms with Gasteiger partial charge in [0.05, 0.1) is 6.04 Å². The predicted molar refractivity (Wildman–Crippen MR) is 90.6 cm³/mol. The molecule has 1 aliphatic heterocycles. The molecule has 1 fully saturated rings. The lowest BCUT2D eigenvalue weighted by atomic mass is 10.1. The maximum atomic E-state index is 14.1. The van der Waals surface area contributed by atoms with E-state index in [9.17, 15) is 4.39 Å². The van der Waals surface area contributed by atoms with Crippen LogP contribution in [0.15, 0.2) is 35.1 Å². The number of nitrogens with one attached hydrogen (secondary N) is 1. The van der Waals surface area contributed by atoms with Crippen LogP contribution in [-0.2, 0) is 13.6 Å². The van der Waals surface area contributed by atoms with Crippen molar-refractivity contribution in [1.29, 1.82) is 0 Å². The van der Waals surface area contributed by atoms with Gasteiger partial charge in [-0.3, -0.25) is 4.90 Å². The second-order valence-corrected chi connectivity index (χ2v) is 6.14. The first-order valence-electron chi connectivity index (χ1n) is 7.01. The second kappa shape index (κ2) is 7.55. The van der Waals surface area contributed by atoms with E-state index in [4.69, 9.17) is 0 Å². The Morgan fingerprint density at radius 2 is 2.27 bits per heavy atom. The highest BCUT2D eigenvalue weighted by Crippen LogP contribution is 2.27.